The first kappa shape index (κ1) is 7.28. The van der Waals surface area contributed by atoms with E-state index < -0.39 is 5.82 Å². The van der Waals surface area contributed by atoms with Gasteiger partial charge in [-0.1, -0.05) is 11.6 Å². The molecule has 0 bridgehead atoms. The van der Waals surface area contributed by atoms with Crippen LogP contribution >= 0.6 is 11.6 Å². The summed E-state index contributed by atoms with van der Waals surface area (Å²) in [6.07, 6.45) is 1.44. The molecule has 1 rings (SSSR count). The fourth-order valence-electron chi connectivity index (χ4n) is 0.611. The van der Waals surface area contributed by atoms with Gasteiger partial charge in [0.2, 0.25) is 0 Å². The lowest BCUT2D eigenvalue weighted by Crippen LogP contribution is -1.93. The zero-order valence-electron chi connectivity index (χ0n) is 5.36. The molecule has 0 aliphatic rings. The average Bonchev–Trinajstić information content (AvgIpc) is 1.95. The van der Waals surface area contributed by atoms with Crippen molar-refractivity contribution < 1.29 is 4.39 Å². The first-order valence-corrected chi connectivity index (χ1v) is 3.11. The molecule has 0 saturated heterocycles. The largest absolute Gasteiger partial charge is 0.386 e. The van der Waals surface area contributed by atoms with Gasteiger partial charge in [-0.15, -0.1) is 0 Å². The SMILES string of the molecule is CNc1ccnc(Cl)c1F. The fraction of sp³-hybridized carbons (Fsp3) is 0.167. The lowest BCUT2D eigenvalue weighted by molar-refractivity contribution is 0.625. The number of halogens is 2. The Morgan fingerprint density at radius 1 is 1.70 bits per heavy atom. The predicted octanol–water partition coefficient (Wildman–Crippen LogP) is 1.92. The lowest BCUT2D eigenvalue weighted by atomic mass is 10.4. The van der Waals surface area contributed by atoms with E-state index in [9.17, 15) is 4.39 Å². The highest BCUT2D eigenvalue weighted by atomic mass is 35.5. The third-order valence-electron chi connectivity index (χ3n) is 1.12. The molecule has 0 saturated carbocycles. The second kappa shape index (κ2) is 2.84. The van der Waals surface area contributed by atoms with Crippen LogP contribution < -0.4 is 5.32 Å². The average molecular weight is 161 g/mol. The van der Waals surface area contributed by atoms with Gasteiger partial charge < -0.3 is 5.32 Å². The van der Waals surface area contributed by atoms with Gasteiger partial charge in [-0.25, -0.2) is 9.37 Å². The Labute approximate surface area is 63.0 Å². The predicted molar refractivity (Wildman–Crippen MR) is 38.8 cm³/mol. The third kappa shape index (κ3) is 1.19. The van der Waals surface area contributed by atoms with Crippen LogP contribution in [0.15, 0.2) is 12.3 Å². The van der Waals surface area contributed by atoms with E-state index in [1.54, 1.807) is 7.05 Å². The highest BCUT2D eigenvalue weighted by molar-refractivity contribution is 6.29. The molecule has 0 amide bonds. The summed E-state index contributed by atoms with van der Waals surface area (Å²) in [7, 11) is 1.62. The maximum atomic E-state index is 12.7. The summed E-state index contributed by atoms with van der Waals surface area (Å²) in [4.78, 5) is 3.54. The molecule has 0 spiro atoms. The summed E-state index contributed by atoms with van der Waals surface area (Å²) in [6.45, 7) is 0. The quantitative estimate of drug-likeness (QED) is 0.635. The van der Waals surface area contributed by atoms with E-state index in [2.05, 4.69) is 10.3 Å². The minimum atomic E-state index is -0.508. The molecule has 54 valence electrons. The van der Waals surface area contributed by atoms with E-state index in [1.807, 2.05) is 0 Å². The summed E-state index contributed by atoms with van der Waals surface area (Å²) >= 11 is 5.37. The summed E-state index contributed by atoms with van der Waals surface area (Å²) in [6, 6.07) is 1.52. The molecular weight excluding hydrogens is 155 g/mol. The molecule has 0 aliphatic heterocycles. The normalized spacial score (nSPS) is 9.50. The summed E-state index contributed by atoms with van der Waals surface area (Å²) < 4.78 is 12.7. The highest BCUT2D eigenvalue weighted by Crippen LogP contribution is 2.18. The maximum absolute atomic E-state index is 12.7. The van der Waals surface area contributed by atoms with Crippen LogP contribution in [0.3, 0.4) is 0 Å². The Hall–Kier alpha value is -0.830. The molecule has 0 unspecified atom stereocenters. The Bertz CT molecular complexity index is 239. The molecule has 1 aromatic heterocycles. The van der Waals surface area contributed by atoms with E-state index in [0.717, 1.165) is 0 Å². The molecule has 2 nitrogen and oxygen atoms in total. The van der Waals surface area contributed by atoms with Gasteiger partial charge in [0.15, 0.2) is 11.0 Å². The molecule has 0 aromatic carbocycles. The van der Waals surface area contributed by atoms with Crippen molar-refractivity contribution in [3.63, 3.8) is 0 Å². The van der Waals surface area contributed by atoms with Crippen molar-refractivity contribution in [2.75, 3.05) is 12.4 Å². The third-order valence-corrected chi connectivity index (χ3v) is 1.38. The topological polar surface area (TPSA) is 24.9 Å². The minimum absolute atomic E-state index is 0.105. The van der Waals surface area contributed by atoms with E-state index in [4.69, 9.17) is 11.6 Å². The van der Waals surface area contributed by atoms with Crippen molar-refractivity contribution in [2.45, 2.75) is 0 Å². The smallest absolute Gasteiger partial charge is 0.183 e. The molecular formula is C6H6ClFN2. The van der Waals surface area contributed by atoms with Crippen molar-refractivity contribution in [2.24, 2.45) is 0 Å². The van der Waals surface area contributed by atoms with Crippen LogP contribution in [0.2, 0.25) is 5.15 Å². The van der Waals surface area contributed by atoms with Crippen LogP contribution in [-0.2, 0) is 0 Å². The zero-order chi connectivity index (χ0) is 7.56. The first-order valence-electron chi connectivity index (χ1n) is 2.73. The highest BCUT2D eigenvalue weighted by Gasteiger charge is 2.03. The maximum Gasteiger partial charge on any atom is 0.183 e. The van der Waals surface area contributed by atoms with Crippen LogP contribution in [0.1, 0.15) is 0 Å². The van der Waals surface area contributed by atoms with Gasteiger partial charge in [0.1, 0.15) is 0 Å². The molecule has 1 heterocycles. The van der Waals surface area contributed by atoms with Gasteiger partial charge in [0.05, 0.1) is 5.69 Å². The van der Waals surface area contributed by atoms with Gasteiger partial charge in [-0.05, 0) is 6.07 Å². The van der Waals surface area contributed by atoms with Crippen molar-refractivity contribution in [3.8, 4) is 0 Å². The number of aromatic nitrogens is 1. The van der Waals surface area contributed by atoms with E-state index in [1.165, 1.54) is 12.3 Å². The van der Waals surface area contributed by atoms with E-state index >= 15 is 0 Å². The van der Waals surface area contributed by atoms with Crippen molar-refractivity contribution >= 4 is 17.3 Å². The van der Waals surface area contributed by atoms with Gasteiger partial charge in [-0.3, -0.25) is 0 Å². The fourth-order valence-corrected chi connectivity index (χ4v) is 0.769. The van der Waals surface area contributed by atoms with Crippen molar-refractivity contribution in [1.29, 1.82) is 0 Å². The number of nitrogens with one attached hydrogen (secondary N) is 1. The van der Waals surface area contributed by atoms with Crippen LogP contribution in [0, 0.1) is 5.82 Å². The van der Waals surface area contributed by atoms with Gasteiger partial charge >= 0.3 is 0 Å². The molecule has 10 heavy (non-hydrogen) atoms. The lowest BCUT2D eigenvalue weighted by Gasteiger charge is -2.00. The van der Waals surface area contributed by atoms with Gasteiger partial charge in [0.25, 0.3) is 0 Å². The molecule has 0 aliphatic carbocycles. The number of anilines is 1. The number of nitrogens with zero attached hydrogens (tertiary/aromatic N) is 1. The van der Waals surface area contributed by atoms with Crippen LogP contribution in [-0.4, -0.2) is 12.0 Å². The first-order chi connectivity index (χ1) is 4.75. The Morgan fingerprint density at radius 2 is 2.40 bits per heavy atom. The summed E-state index contributed by atoms with van der Waals surface area (Å²) in [5, 5.41) is 2.53. The minimum Gasteiger partial charge on any atom is -0.386 e. The van der Waals surface area contributed by atoms with Gasteiger partial charge in [-0.2, -0.15) is 0 Å². The van der Waals surface area contributed by atoms with Crippen molar-refractivity contribution in [3.05, 3.63) is 23.2 Å². The summed E-state index contributed by atoms with van der Waals surface area (Å²) in [5.41, 5.74) is 0.361. The Morgan fingerprint density at radius 3 is 2.90 bits per heavy atom. The number of rotatable bonds is 1. The standard InChI is InChI=1S/C6H6ClFN2/c1-9-4-2-3-10-6(7)5(4)8/h2-3H,1H3,(H,9,10). The van der Waals surface area contributed by atoms with E-state index in [0.29, 0.717) is 5.69 Å². The monoisotopic (exact) mass is 160 g/mol. The van der Waals surface area contributed by atoms with Gasteiger partial charge in [0, 0.05) is 13.2 Å². The molecule has 4 heteroatoms. The van der Waals surface area contributed by atoms with Crippen LogP contribution in [0.4, 0.5) is 10.1 Å². The Kier molecular flexibility index (Phi) is 2.06. The van der Waals surface area contributed by atoms with Crippen molar-refractivity contribution in [1.82, 2.24) is 4.98 Å². The van der Waals surface area contributed by atoms with Crippen LogP contribution in [0.25, 0.3) is 0 Å². The van der Waals surface area contributed by atoms with Crippen LogP contribution in [0.5, 0.6) is 0 Å². The number of hydrogen-bond donors (Lipinski definition) is 1. The number of pyridine rings is 1. The Balaban J connectivity index is 3.14. The second-order valence-electron chi connectivity index (χ2n) is 1.71. The second-order valence-corrected chi connectivity index (χ2v) is 2.07. The molecule has 1 aromatic rings. The molecule has 0 fully saturated rings. The number of hydrogen-bond acceptors (Lipinski definition) is 2. The summed E-state index contributed by atoms with van der Waals surface area (Å²) in [5.74, 6) is -0.508. The molecule has 1 N–H and O–H groups in total. The molecule has 0 radical (unpaired) electrons. The zero-order valence-corrected chi connectivity index (χ0v) is 6.11. The van der Waals surface area contributed by atoms with E-state index in [-0.39, 0.29) is 5.15 Å². The molecule has 0 atom stereocenters.